The van der Waals surface area contributed by atoms with E-state index in [9.17, 15) is 18.4 Å². The minimum atomic E-state index is -3.96. The second-order valence-electron chi connectivity index (χ2n) is 11.9. The van der Waals surface area contributed by atoms with Crippen molar-refractivity contribution >= 4 is 34.8 Å². The van der Waals surface area contributed by atoms with Crippen molar-refractivity contribution in [1.29, 1.82) is 0 Å². The Bertz CT molecular complexity index is 3330. The number of aromatic nitrogens is 8. The molecule has 0 fully saturated rings. The molecule has 300 valence electrons. The minimum absolute atomic E-state index is 0.0366. The molecule has 6 heterocycles. The summed E-state index contributed by atoms with van der Waals surface area (Å²) in [5.41, 5.74) is -1.06. The largest absolute Gasteiger partial charge is 0.340 e. The summed E-state index contributed by atoms with van der Waals surface area (Å²) < 4.78 is 271. The maximum atomic E-state index is 13.8. The van der Waals surface area contributed by atoms with Crippen molar-refractivity contribution in [2.75, 3.05) is 33.6 Å². The van der Waals surface area contributed by atoms with Gasteiger partial charge in [-0.2, -0.15) is 9.97 Å². The maximum Gasteiger partial charge on any atom is 0.249 e. The molecule has 0 N–H and O–H groups in total. The lowest BCUT2D eigenvalue weighted by molar-refractivity contribution is -0.120. The van der Waals surface area contributed by atoms with Gasteiger partial charge in [-0.1, -0.05) is 13.7 Å². The van der Waals surface area contributed by atoms with Gasteiger partial charge in [-0.05, 0) is 88.7 Å². The number of fused-ring (bicyclic) bond motifs is 2. The normalized spacial score (nSPS) is 26.7. The van der Waals surface area contributed by atoms with Crippen LogP contribution in [0.15, 0.2) is 85.7 Å². The number of likely N-dealkylation sites (N-methyl/N-ethyl adjacent to an activating group) is 2. The average molecular weight is 819 g/mol. The van der Waals surface area contributed by atoms with E-state index in [4.69, 9.17) is 41.1 Å². The highest BCUT2D eigenvalue weighted by atomic mass is 19.1. The first kappa shape index (κ1) is 17.1. The molecule has 58 heavy (non-hydrogen) atoms. The highest BCUT2D eigenvalue weighted by Crippen LogP contribution is 2.38. The third-order valence-electron chi connectivity index (χ3n) is 8.51. The first-order valence-electron chi connectivity index (χ1n) is 31.3. The quantitative estimate of drug-likeness (QED) is 0.160. The summed E-state index contributed by atoms with van der Waals surface area (Å²) in [5, 5.41) is 0. The Labute approximate surface area is 378 Å². The van der Waals surface area contributed by atoms with Crippen LogP contribution >= 0.6 is 0 Å². The Balaban J connectivity index is 0.000000251. The van der Waals surface area contributed by atoms with E-state index in [0.717, 1.165) is 33.4 Å². The summed E-state index contributed by atoms with van der Waals surface area (Å²) >= 11 is 0. The van der Waals surface area contributed by atoms with E-state index in [2.05, 4.69) is 29.9 Å². The molecule has 0 bridgehead atoms. The third-order valence-corrected chi connectivity index (χ3v) is 8.51. The molecular weight excluding hydrogens is 743 g/mol. The molecule has 0 radical (unpaired) electrons. The van der Waals surface area contributed by atoms with Crippen LogP contribution in [0.4, 0.5) is 31.8 Å². The topological polar surface area (TPSA) is 134 Å². The average Bonchev–Trinajstić information content (AvgIpc) is 0.903. The van der Waals surface area contributed by atoms with Gasteiger partial charge in [0, 0.05) is 100 Å². The number of nitrogens with zero attached hydrogens (tertiary/aromatic N) is 12. The van der Waals surface area contributed by atoms with Gasteiger partial charge < -0.3 is 19.6 Å². The van der Waals surface area contributed by atoms with Crippen molar-refractivity contribution in [2.45, 2.75) is 78.0 Å². The van der Waals surface area contributed by atoms with Gasteiger partial charge in [0.05, 0.1) is 15.1 Å². The Kier molecular flexibility index (Phi) is 4.75. The van der Waals surface area contributed by atoms with Crippen LogP contribution in [-0.2, 0) is 9.59 Å². The van der Waals surface area contributed by atoms with E-state index < -0.39 is 150 Å². The summed E-state index contributed by atoms with van der Waals surface area (Å²) in [6.45, 7) is -30.1. The Morgan fingerprint density at radius 1 is 0.655 bits per heavy atom. The Hall–Kier alpha value is -6.58. The van der Waals surface area contributed by atoms with E-state index in [-0.39, 0.29) is 31.2 Å². The van der Waals surface area contributed by atoms with Crippen molar-refractivity contribution in [2.24, 2.45) is 0 Å². The van der Waals surface area contributed by atoms with E-state index in [1.165, 1.54) is 49.1 Å². The fraction of sp³-hybridized carbons (Fsp3) is 0.333. The van der Waals surface area contributed by atoms with Crippen LogP contribution in [0.25, 0.3) is 34.7 Å². The molecule has 0 unspecified atom stereocenters. The smallest absolute Gasteiger partial charge is 0.249 e. The van der Waals surface area contributed by atoms with Crippen LogP contribution in [0.3, 0.4) is 0 Å². The lowest BCUT2D eigenvalue weighted by Gasteiger charge is -2.42. The van der Waals surface area contributed by atoms with Gasteiger partial charge in [-0.15, -0.1) is 0 Å². The predicted molar refractivity (Wildman–Crippen MR) is 219 cm³/mol. The number of carbonyl (C=O) groups is 2. The first-order chi connectivity index (χ1) is 39.7. The highest BCUT2D eigenvalue weighted by Gasteiger charge is 2.40. The minimum Gasteiger partial charge on any atom is -0.340 e. The van der Waals surface area contributed by atoms with Gasteiger partial charge in [0.15, 0.2) is 11.6 Å². The lowest BCUT2D eigenvalue weighted by atomic mass is 10.1. The number of benzene rings is 2. The number of hydrogen-bond donors (Lipinski definition) is 0. The second kappa shape index (κ2) is 16.1. The molecule has 0 saturated heterocycles. The molecule has 2 aromatic carbocycles. The fourth-order valence-corrected chi connectivity index (χ4v) is 5.84. The summed E-state index contributed by atoms with van der Waals surface area (Å²) in [4.78, 5) is 51.9. The molecule has 8 rings (SSSR count). The molecular formula is C42H46F2N12O2. The number of imidazole rings is 2. The van der Waals surface area contributed by atoms with Crippen LogP contribution in [0, 0.1) is 11.6 Å². The number of anilines is 4. The van der Waals surface area contributed by atoms with Crippen molar-refractivity contribution < 1.29 is 59.5 Å². The van der Waals surface area contributed by atoms with E-state index in [1.807, 2.05) is 0 Å². The van der Waals surface area contributed by atoms with E-state index in [0.29, 0.717) is 23.5 Å². The monoisotopic (exact) mass is 819 g/mol. The zero-order chi connectivity index (χ0) is 66.8. The number of rotatable bonds is 8. The predicted octanol–water partition coefficient (Wildman–Crippen LogP) is 6.88. The van der Waals surface area contributed by atoms with Crippen molar-refractivity contribution in [1.82, 2.24) is 39.0 Å². The van der Waals surface area contributed by atoms with E-state index >= 15 is 0 Å². The zero-order valence-corrected chi connectivity index (χ0v) is 29.2. The maximum absolute atomic E-state index is 13.8. The summed E-state index contributed by atoms with van der Waals surface area (Å²) in [7, 11) is 0. The van der Waals surface area contributed by atoms with Crippen molar-refractivity contribution in [3.63, 3.8) is 0 Å². The number of amides is 2. The molecule has 6 aromatic rings. The molecule has 16 heteroatoms. The van der Waals surface area contributed by atoms with Gasteiger partial charge in [0.25, 0.3) is 0 Å². The molecule has 2 aliphatic heterocycles. The molecule has 4 aromatic heterocycles. The zero-order valence-electron chi connectivity index (χ0n) is 59.2. The highest BCUT2D eigenvalue weighted by molar-refractivity contribution is 6.05. The van der Waals surface area contributed by atoms with Crippen LogP contribution < -0.4 is 19.6 Å². The first-order valence-corrected chi connectivity index (χ1v) is 16.3. The standard InChI is InChI=1S/2C21H23FN6O/c2*1-5-16-20(29)26(4)17-12-24-21(25-19(17)28(16)13(2)3)27-11-10-23-18(27)14-6-8-15(22)9-7-14/h2*6-13,16H,5H2,1-4H3/t2*16-/m10/s1/i2*1D3,2D3,3D3,4D3,5D2,13D. The molecule has 0 spiro atoms. The molecule has 14 nitrogen and oxygen atoms in total. The van der Waals surface area contributed by atoms with Gasteiger partial charge in [0.2, 0.25) is 23.7 Å². The molecule has 2 amide bonds. The Morgan fingerprint density at radius 3 is 1.43 bits per heavy atom. The summed E-state index contributed by atoms with van der Waals surface area (Å²) in [6.07, 6.45) is -1.18. The van der Waals surface area contributed by atoms with Crippen molar-refractivity contribution in [3.8, 4) is 34.7 Å². The number of hydrogen-bond acceptors (Lipinski definition) is 10. The van der Waals surface area contributed by atoms with Crippen LogP contribution in [0.5, 0.6) is 0 Å². The molecule has 2 aliphatic rings. The molecule has 2 atom stereocenters. The van der Waals surface area contributed by atoms with Gasteiger partial charge in [0.1, 0.15) is 46.7 Å². The molecule has 0 saturated carbocycles. The summed E-state index contributed by atoms with van der Waals surface area (Å²) in [5.74, 6) is -7.74. The van der Waals surface area contributed by atoms with Crippen LogP contribution in [-0.4, -0.2) is 88.9 Å². The number of halogens is 2. The lowest BCUT2D eigenvalue weighted by Crippen LogP contribution is -2.55. The number of carbonyl (C=O) groups excluding carboxylic acids is 2. The second-order valence-corrected chi connectivity index (χ2v) is 11.9. The summed E-state index contributed by atoms with van der Waals surface area (Å²) in [6, 6.07) is -4.15. The SMILES string of the molecule is [2H]C([2H])([2H])N1C(=O)[C@@H](C([2H])([2H])C([2H])([2H])[2H])N(C([2H])(C([2H])([2H])[2H])C([2H])([2H])[2H])c2nc(-n3ccnc3-c3ccc(F)cc3)ncc21.[2H]C([2H])([2H])N1C(=O)[C@H](C([2H])([2H])C([2H])([2H])[2H])N(C([2H])(C([2H])([2H])[2H])C([2H])([2H])[2H])c2nc(-n3ccnc3-c3ccc(F)cc3)ncc21. The Morgan fingerprint density at radius 2 is 1.07 bits per heavy atom. The van der Waals surface area contributed by atoms with Crippen molar-refractivity contribution in [3.05, 3.63) is 97.3 Å². The van der Waals surface area contributed by atoms with Gasteiger partial charge >= 0.3 is 0 Å². The molecule has 0 aliphatic carbocycles. The van der Waals surface area contributed by atoms with E-state index in [1.54, 1.807) is 0 Å². The van der Waals surface area contributed by atoms with Gasteiger partial charge in [-0.25, -0.2) is 28.7 Å². The fourth-order valence-electron chi connectivity index (χ4n) is 5.84. The van der Waals surface area contributed by atoms with Gasteiger partial charge in [-0.3, -0.25) is 18.7 Å². The third kappa shape index (κ3) is 7.14. The van der Waals surface area contributed by atoms with Crippen LogP contribution in [0.1, 0.15) is 95.0 Å². The van der Waals surface area contributed by atoms with Crippen LogP contribution in [0.2, 0.25) is 0 Å².